The van der Waals surface area contributed by atoms with Crippen molar-refractivity contribution in [1.82, 2.24) is 20.4 Å². The maximum Gasteiger partial charge on any atom is 0.288 e. The maximum atomic E-state index is 11.8. The minimum atomic E-state index is -0.108. The summed E-state index contributed by atoms with van der Waals surface area (Å²) < 4.78 is 0. The summed E-state index contributed by atoms with van der Waals surface area (Å²) in [6.45, 7) is 2.85. The Labute approximate surface area is 82.1 Å². The second-order valence-electron chi connectivity index (χ2n) is 3.31. The molecule has 1 fully saturated rings. The molecule has 1 unspecified atom stereocenters. The molecule has 2 heterocycles. The Morgan fingerprint density at radius 2 is 2.50 bits per heavy atom. The van der Waals surface area contributed by atoms with Crippen LogP contribution in [-0.4, -0.2) is 33.5 Å². The van der Waals surface area contributed by atoms with Gasteiger partial charge in [-0.05, 0) is 13.3 Å². The fourth-order valence-electron chi connectivity index (χ4n) is 1.48. The van der Waals surface area contributed by atoms with Gasteiger partial charge in [-0.25, -0.2) is 10.4 Å². The van der Waals surface area contributed by atoms with Crippen LogP contribution in [0.5, 0.6) is 0 Å². The number of carbonyl (C=O) groups is 1. The molecule has 74 valence electrons. The van der Waals surface area contributed by atoms with E-state index in [1.54, 1.807) is 11.2 Å². The minimum Gasteiger partial charge on any atom is -0.270 e. The van der Waals surface area contributed by atoms with Gasteiger partial charge in [0.2, 0.25) is 0 Å². The molecule has 2 rings (SSSR count). The number of hydrazine groups is 1. The Bertz CT molecular complexity index is 327. The van der Waals surface area contributed by atoms with E-state index < -0.39 is 0 Å². The summed E-state index contributed by atoms with van der Waals surface area (Å²) >= 11 is 0. The zero-order chi connectivity index (χ0) is 9.97. The quantitative estimate of drug-likeness (QED) is 0.691. The highest BCUT2D eigenvalue weighted by molar-refractivity contribution is 5.91. The first-order valence-corrected chi connectivity index (χ1v) is 4.62. The molecule has 0 saturated carbocycles. The molecule has 5 nitrogen and oxygen atoms in total. The number of aromatic nitrogens is 2. The molecule has 1 aliphatic heterocycles. The van der Waals surface area contributed by atoms with Crippen LogP contribution >= 0.6 is 0 Å². The maximum absolute atomic E-state index is 11.8. The summed E-state index contributed by atoms with van der Waals surface area (Å²) in [4.78, 5) is 19.6. The van der Waals surface area contributed by atoms with Crippen LogP contribution in [0.4, 0.5) is 0 Å². The highest BCUT2D eigenvalue weighted by atomic mass is 16.2. The van der Waals surface area contributed by atoms with E-state index in [1.165, 1.54) is 12.4 Å². The summed E-state index contributed by atoms with van der Waals surface area (Å²) in [7, 11) is 0. The van der Waals surface area contributed by atoms with Crippen LogP contribution in [-0.2, 0) is 0 Å². The van der Waals surface area contributed by atoms with Gasteiger partial charge in [0, 0.05) is 25.0 Å². The highest BCUT2D eigenvalue weighted by Gasteiger charge is 2.26. The van der Waals surface area contributed by atoms with Crippen LogP contribution in [0.3, 0.4) is 0 Å². The van der Waals surface area contributed by atoms with Crippen LogP contribution in [0.1, 0.15) is 23.8 Å². The van der Waals surface area contributed by atoms with Crippen molar-refractivity contribution >= 4 is 5.91 Å². The minimum absolute atomic E-state index is 0.108. The van der Waals surface area contributed by atoms with Crippen LogP contribution in [0.15, 0.2) is 18.6 Å². The van der Waals surface area contributed by atoms with Gasteiger partial charge in [-0.15, -0.1) is 0 Å². The van der Waals surface area contributed by atoms with Crippen LogP contribution in [0.2, 0.25) is 0 Å². The van der Waals surface area contributed by atoms with E-state index in [0.29, 0.717) is 5.69 Å². The molecule has 1 aromatic heterocycles. The van der Waals surface area contributed by atoms with E-state index in [2.05, 4.69) is 15.4 Å². The Hall–Kier alpha value is -1.49. The van der Waals surface area contributed by atoms with E-state index in [1.807, 2.05) is 6.92 Å². The average molecular weight is 192 g/mol. The Balaban J connectivity index is 2.16. The lowest BCUT2D eigenvalue weighted by molar-refractivity contribution is 0.0659. The monoisotopic (exact) mass is 192 g/mol. The third-order valence-corrected chi connectivity index (χ3v) is 2.29. The molecule has 5 heteroatoms. The largest absolute Gasteiger partial charge is 0.288 e. The van der Waals surface area contributed by atoms with Gasteiger partial charge in [-0.3, -0.25) is 14.8 Å². The van der Waals surface area contributed by atoms with Gasteiger partial charge in [0.1, 0.15) is 5.69 Å². The fourth-order valence-corrected chi connectivity index (χ4v) is 1.48. The summed E-state index contributed by atoms with van der Waals surface area (Å²) in [5.41, 5.74) is 3.40. The number of amides is 1. The molecule has 0 bridgehead atoms. The van der Waals surface area contributed by atoms with Crippen molar-refractivity contribution in [3.63, 3.8) is 0 Å². The van der Waals surface area contributed by atoms with Crippen LogP contribution in [0.25, 0.3) is 0 Å². The molecular formula is C9H12N4O. The molecule has 1 N–H and O–H groups in total. The molecule has 0 spiro atoms. The van der Waals surface area contributed by atoms with Crippen LogP contribution < -0.4 is 5.43 Å². The second-order valence-corrected chi connectivity index (χ2v) is 3.31. The zero-order valence-corrected chi connectivity index (χ0v) is 7.97. The number of hydrogen-bond acceptors (Lipinski definition) is 4. The molecule has 1 saturated heterocycles. The summed E-state index contributed by atoms with van der Waals surface area (Å²) in [5, 5.41) is 1.62. The van der Waals surface area contributed by atoms with E-state index >= 15 is 0 Å². The van der Waals surface area contributed by atoms with Crippen molar-refractivity contribution in [2.45, 2.75) is 19.4 Å². The fraction of sp³-hybridized carbons (Fsp3) is 0.444. The van der Waals surface area contributed by atoms with Crippen molar-refractivity contribution < 1.29 is 4.79 Å². The van der Waals surface area contributed by atoms with E-state index in [0.717, 1.165) is 13.0 Å². The summed E-state index contributed by atoms with van der Waals surface area (Å²) in [6.07, 6.45) is 5.53. The molecular weight excluding hydrogens is 180 g/mol. The Kier molecular flexibility index (Phi) is 2.41. The van der Waals surface area contributed by atoms with Gasteiger partial charge < -0.3 is 0 Å². The summed E-state index contributed by atoms with van der Waals surface area (Å²) in [5.74, 6) is -0.108. The molecule has 1 atom stereocenters. The van der Waals surface area contributed by atoms with Crippen molar-refractivity contribution in [3.05, 3.63) is 24.3 Å². The average Bonchev–Trinajstić information content (AvgIpc) is 2.65. The number of carbonyl (C=O) groups excluding carboxylic acids is 1. The van der Waals surface area contributed by atoms with Gasteiger partial charge in [-0.1, -0.05) is 0 Å². The van der Waals surface area contributed by atoms with Gasteiger partial charge in [0.15, 0.2) is 0 Å². The molecule has 1 aromatic rings. The first-order chi connectivity index (χ1) is 6.79. The Morgan fingerprint density at radius 1 is 1.64 bits per heavy atom. The number of nitrogens with one attached hydrogen (secondary N) is 1. The van der Waals surface area contributed by atoms with Crippen molar-refractivity contribution in [3.8, 4) is 0 Å². The zero-order valence-electron chi connectivity index (χ0n) is 7.97. The topological polar surface area (TPSA) is 58.1 Å². The lowest BCUT2D eigenvalue weighted by Gasteiger charge is -2.19. The molecule has 1 amide bonds. The molecule has 1 aliphatic rings. The van der Waals surface area contributed by atoms with Gasteiger partial charge in [-0.2, -0.15) is 0 Å². The number of nitrogens with zero attached hydrogens (tertiary/aromatic N) is 3. The Morgan fingerprint density at radius 3 is 3.07 bits per heavy atom. The molecule has 0 radical (unpaired) electrons. The first kappa shape index (κ1) is 9.08. The summed E-state index contributed by atoms with van der Waals surface area (Å²) in [6, 6.07) is 0.226. The van der Waals surface area contributed by atoms with Crippen molar-refractivity contribution in [1.29, 1.82) is 0 Å². The van der Waals surface area contributed by atoms with E-state index in [4.69, 9.17) is 0 Å². The van der Waals surface area contributed by atoms with Gasteiger partial charge >= 0.3 is 0 Å². The lowest BCUT2D eigenvalue weighted by Crippen LogP contribution is -2.41. The molecule has 0 aromatic carbocycles. The third-order valence-electron chi connectivity index (χ3n) is 2.29. The molecule has 14 heavy (non-hydrogen) atoms. The standard InChI is InChI=1S/C9H12N4O/c1-7-2-3-12-13(7)9(14)8-6-10-4-5-11-8/h4-7,12H,2-3H2,1H3. The second kappa shape index (κ2) is 3.71. The smallest absolute Gasteiger partial charge is 0.270 e. The van der Waals surface area contributed by atoms with Crippen molar-refractivity contribution in [2.75, 3.05) is 6.54 Å². The predicted molar refractivity (Wildman–Crippen MR) is 50.3 cm³/mol. The third kappa shape index (κ3) is 1.58. The van der Waals surface area contributed by atoms with E-state index in [9.17, 15) is 4.79 Å². The number of hydrogen-bond donors (Lipinski definition) is 1. The van der Waals surface area contributed by atoms with Gasteiger partial charge in [0.25, 0.3) is 5.91 Å². The van der Waals surface area contributed by atoms with E-state index in [-0.39, 0.29) is 11.9 Å². The highest BCUT2D eigenvalue weighted by Crippen LogP contribution is 2.10. The SMILES string of the molecule is CC1CCNN1C(=O)c1cnccn1. The van der Waals surface area contributed by atoms with Gasteiger partial charge in [0.05, 0.1) is 6.20 Å². The predicted octanol–water partition coefficient (Wildman–Crippen LogP) is 0.216. The van der Waals surface area contributed by atoms with Crippen LogP contribution in [0, 0.1) is 0 Å². The van der Waals surface area contributed by atoms with Crippen molar-refractivity contribution in [2.24, 2.45) is 0 Å². The number of rotatable bonds is 1. The lowest BCUT2D eigenvalue weighted by atomic mass is 10.2. The molecule has 0 aliphatic carbocycles. The normalized spacial score (nSPS) is 21.2. The first-order valence-electron chi connectivity index (χ1n) is 4.62.